The van der Waals surface area contributed by atoms with Crippen LogP contribution in [-0.4, -0.2) is 9.13 Å². The molecule has 0 saturated heterocycles. The smallest absolute Gasteiger partial charge is 0.101 e. The first-order chi connectivity index (χ1) is 26.3. The van der Waals surface area contributed by atoms with Crippen molar-refractivity contribution in [2.45, 2.75) is 38.5 Å². The first-order valence-corrected chi connectivity index (χ1v) is 18.6. The highest BCUT2D eigenvalue weighted by Crippen LogP contribution is 2.55. The molecule has 11 rings (SSSR count). The molecule has 0 amide bonds. The summed E-state index contributed by atoms with van der Waals surface area (Å²) in [6.07, 6.45) is 0. The van der Waals surface area contributed by atoms with Gasteiger partial charge in [-0.25, -0.2) is 0 Å². The number of fused-ring (bicyclic) bond motifs is 14. The highest BCUT2D eigenvalue weighted by molar-refractivity contribution is 6.18. The fourth-order valence-corrected chi connectivity index (χ4v) is 10.1. The van der Waals surface area contributed by atoms with Crippen molar-refractivity contribution in [3.05, 3.63) is 167 Å². The Hall–Kier alpha value is -6.88. The Labute approximate surface area is 313 Å². The molecule has 4 heteroatoms. The monoisotopic (exact) mass is 690 g/mol. The highest BCUT2D eigenvalue weighted by Gasteiger charge is 2.39. The minimum absolute atomic E-state index is 0.194. The summed E-state index contributed by atoms with van der Waals surface area (Å²) < 4.78 is 4.75. The van der Waals surface area contributed by atoms with Crippen LogP contribution in [-0.2, 0) is 10.8 Å². The summed E-state index contributed by atoms with van der Waals surface area (Å²) >= 11 is 0. The molecule has 2 aromatic heterocycles. The quantitative estimate of drug-likeness (QED) is 0.181. The van der Waals surface area contributed by atoms with Crippen molar-refractivity contribution < 1.29 is 0 Å². The molecule has 0 saturated carbocycles. The SMILES string of the molecule is CC1(C)c2ccccc2-c2c1ccc1c3ccccc3n(-c3cc(C#N)c(C#N)cc3-n3c4ccccc4c4ccc5c(c43)-c3ccccc3C5(C)C)c21. The van der Waals surface area contributed by atoms with Crippen molar-refractivity contribution in [3.8, 4) is 45.8 Å². The number of nitrogens with zero attached hydrogens (tertiary/aromatic N) is 4. The molecule has 254 valence electrons. The lowest BCUT2D eigenvalue weighted by Gasteiger charge is -2.22. The summed E-state index contributed by atoms with van der Waals surface area (Å²) in [7, 11) is 0. The van der Waals surface area contributed by atoms with Gasteiger partial charge >= 0.3 is 0 Å². The molecule has 0 spiro atoms. The van der Waals surface area contributed by atoms with Gasteiger partial charge < -0.3 is 9.13 Å². The topological polar surface area (TPSA) is 57.4 Å². The molecule has 7 aromatic carbocycles. The molecule has 0 fully saturated rings. The lowest BCUT2D eigenvalue weighted by atomic mass is 9.82. The van der Waals surface area contributed by atoms with Crippen LogP contribution in [0.1, 0.15) is 61.1 Å². The molecule has 2 aliphatic rings. The molecule has 54 heavy (non-hydrogen) atoms. The molecular weight excluding hydrogens is 657 g/mol. The van der Waals surface area contributed by atoms with Crippen LogP contribution in [0.4, 0.5) is 0 Å². The van der Waals surface area contributed by atoms with Crippen LogP contribution in [0, 0.1) is 22.7 Å². The predicted octanol–water partition coefficient (Wildman–Crippen LogP) is 12.2. The molecule has 9 aromatic rings. The maximum absolute atomic E-state index is 10.6. The van der Waals surface area contributed by atoms with Crippen LogP contribution in [0.3, 0.4) is 0 Å². The Morgan fingerprint density at radius 1 is 0.426 bits per heavy atom. The molecule has 0 unspecified atom stereocenters. The molecule has 0 atom stereocenters. The number of rotatable bonds is 2. The third-order valence-electron chi connectivity index (χ3n) is 12.6. The Morgan fingerprint density at radius 2 is 0.815 bits per heavy atom. The summed E-state index contributed by atoms with van der Waals surface area (Å²) in [4.78, 5) is 0. The van der Waals surface area contributed by atoms with Crippen molar-refractivity contribution in [2.75, 3.05) is 0 Å². The van der Waals surface area contributed by atoms with Gasteiger partial charge in [-0.05, 0) is 57.6 Å². The van der Waals surface area contributed by atoms with E-state index in [9.17, 15) is 10.5 Å². The van der Waals surface area contributed by atoms with E-state index in [0.29, 0.717) is 11.1 Å². The van der Waals surface area contributed by atoms with Gasteiger partial charge in [0.15, 0.2) is 0 Å². The van der Waals surface area contributed by atoms with Crippen molar-refractivity contribution in [1.29, 1.82) is 10.5 Å². The average molecular weight is 691 g/mol. The molecule has 0 bridgehead atoms. The van der Waals surface area contributed by atoms with Crippen LogP contribution in [0.5, 0.6) is 0 Å². The van der Waals surface area contributed by atoms with E-state index in [-0.39, 0.29) is 10.8 Å². The Morgan fingerprint density at radius 3 is 1.24 bits per heavy atom. The van der Waals surface area contributed by atoms with E-state index < -0.39 is 0 Å². The van der Waals surface area contributed by atoms with Crippen molar-refractivity contribution in [1.82, 2.24) is 9.13 Å². The normalized spacial score (nSPS) is 14.6. The van der Waals surface area contributed by atoms with Crippen molar-refractivity contribution >= 4 is 43.6 Å². The molecule has 2 heterocycles. The second-order valence-electron chi connectivity index (χ2n) is 15.9. The number of para-hydroxylation sites is 2. The van der Waals surface area contributed by atoms with E-state index in [4.69, 9.17) is 0 Å². The average Bonchev–Trinajstić information content (AvgIpc) is 3.86. The molecule has 0 radical (unpaired) electrons. The molecule has 0 aliphatic heterocycles. The lowest BCUT2D eigenvalue weighted by molar-refractivity contribution is 0.660. The first kappa shape index (κ1) is 30.7. The Kier molecular flexibility index (Phi) is 5.90. The van der Waals surface area contributed by atoms with Gasteiger partial charge in [0.05, 0.1) is 44.6 Å². The standard InChI is InChI=1S/C50H34N4/c1-49(2)37-17-9-5-15-35(37)45-39(49)23-21-33-31-13-7-11-19-41(31)53(47(33)45)43-25-29(27-51)30(28-52)26-44(43)54-42-20-12-8-14-32(42)34-22-24-40-46(48(34)54)36-16-6-10-18-38(36)50(40,3)4/h5-26H,1-4H3. The van der Waals surface area contributed by atoms with Gasteiger partial charge in [-0.2, -0.15) is 10.5 Å². The minimum Gasteiger partial charge on any atom is -0.306 e. The van der Waals surface area contributed by atoms with Crippen LogP contribution in [0.2, 0.25) is 0 Å². The van der Waals surface area contributed by atoms with Gasteiger partial charge in [0.25, 0.3) is 0 Å². The van der Waals surface area contributed by atoms with Gasteiger partial charge in [-0.1, -0.05) is 137 Å². The number of hydrogen-bond donors (Lipinski definition) is 0. The number of aromatic nitrogens is 2. The van der Waals surface area contributed by atoms with Crippen LogP contribution >= 0.6 is 0 Å². The molecule has 2 aliphatic carbocycles. The molecule has 4 nitrogen and oxygen atoms in total. The second kappa shape index (κ2) is 10.4. The maximum atomic E-state index is 10.6. The van der Waals surface area contributed by atoms with Crippen molar-refractivity contribution in [2.24, 2.45) is 0 Å². The van der Waals surface area contributed by atoms with E-state index in [2.05, 4.69) is 170 Å². The number of benzene rings is 7. The highest BCUT2D eigenvalue weighted by atomic mass is 15.1. The maximum Gasteiger partial charge on any atom is 0.101 e. The van der Waals surface area contributed by atoms with Crippen LogP contribution in [0.25, 0.3) is 77.2 Å². The largest absolute Gasteiger partial charge is 0.306 e. The van der Waals surface area contributed by atoms with E-state index in [1.54, 1.807) is 0 Å². The first-order valence-electron chi connectivity index (χ1n) is 18.6. The van der Waals surface area contributed by atoms with Crippen LogP contribution in [0.15, 0.2) is 133 Å². The fourth-order valence-electron chi connectivity index (χ4n) is 10.1. The molecular formula is C50H34N4. The minimum atomic E-state index is -0.194. The summed E-state index contributed by atoms with van der Waals surface area (Å²) in [5, 5.41) is 25.8. The predicted molar refractivity (Wildman–Crippen MR) is 220 cm³/mol. The zero-order valence-corrected chi connectivity index (χ0v) is 30.5. The van der Waals surface area contributed by atoms with Gasteiger partial charge in [-0.3, -0.25) is 0 Å². The van der Waals surface area contributed by atoms with Gasteiger partial charge in [0.2, 0.25) is 0 Å². The van der Waals surface area contributed by atoms with E-state index in [0.717, 1.165) is 55.0 Å². The van der Waals surface area contributed by atoms with E-state index in [1.165, 1.54) is 44.5 Å². The zero-order chi connectivity index (χ0) is 36.7. The summed E-state index contributed by atoms with van der Waals surface area (Å²) in [6, 6.07) is 52.6. The summed E-state index contributed by atoms with van der Waals surface area (Å²) in [6.45, 7) is 9.26. The van der Waals surface area contributed by atoms with E-state index >= 15 is 0 Å². The zero-order valence-electron chi connectivity index (χ0n) is 30.5. The van der Waals surface area contributed by atoms with Gasteiger partial charge in [-0.15, -0.1) is 0 Å². The van der Waals surface area contributed by atoms with E-state index in [1.807, 2.05) is 12.1 Å². The Bertz CT molecular complexity index is 3020. The van der Waals surface area contributed by atoms with Crippen LogP contribution < -0.4 is 0 Å². The number of hydrogen-bond acceptors (Lipinski definition) is 2. The summed E-state index contributed by atoms with van der Waals surface area (Å²) in [5.41, 5.74) is 16.4. The third-order valence-corrected chi connectivity index (χ3v) is 12.6. The molecule has 0 N–H and O–H groups in total. The third kappa shape index (κ3) is 3.65. The van der Waals surface area contributed by atoms with Gasteiger partial charge in [0, 0.05) is 43.5 Å². The lowest BCUT2D eigenvalue weighted by Crippen LogP contribution is -2.15. The number of nitriles is 2. The van der Waals surface area contributed by atoms with Gasteiger partial charge in [0.1, 0.15) is 12.1 Å². The van der Waals surface area contributed by atoms with Crippen molar-refractivity contribution in [3.63, 3.8) is 0 Å². The second-order valence-corrected chi connectivity index (χ2v) is 15.9. The summed E-state index contributed by atoms with van der Waals surface area (Å²) in [5.74, 6) is 0. The fraction of sp³-hybridized carbons (Fsp3) is 0.120. The Balaban J connectivity index is 1.37.